The summed E-state index contributed by atoms with van der Waals surface area (Å²) in [5.74, 6) is 0.0496. The van der Waals surface area contributed by atoms with Gasteiger partial charge < -0.3 is 4.74 Å². The Hall–Kier alpha value is -2.69. The second kappa shape index (κ2) is 8.99. The van der Waals surface area contributed by atoms with E-state index in [1.165, 1.54) is 18.4 Å². The van der Waals surface area contributed by atoms with E-state index in [-0.39, 0.29) is 5.91 Å². The molecule has 1 amide bonds. The van der Waals surface area contributed by atoms with Crippen molar-refractivity contribution in [1.82, 2.24) is 10.2 Å². The summed E-state index contributed by atoms with van der Waals surface area (Å²) in [7, 11) is -1.89. The monoisotopic (exact) mass is 466 g/mol. The van der Waals surface area contributed by atoms with E-state index < -0.39 is 16.1 Å². The summed E-state index contributed by atoms with van der Waals surface area (Å²) >= 11 is 7.12. The molecule has 8 nitrogen and oxygen atoms in total. The zero-order valence-corrected chi connectivity index (χ0v) is 18.8. The number of amides is 1. The lowest BCUT2D eigenvalue weighted by Gasteiger charge is -2.18. The first-order valence-electron chi connectivity index (χ1n) is 8.74. The molecule has 1 atom stereocenters. The number of ether oxygens (including phenoxy) is 1. The number of anilines is 2. The molecule has 158 valence electrons. The Kier molecular flexibility index (Phi) is 6.59. The SMILES string of the molecule is CC(Oc1ccc(N(C)S(C)(=O)=O)cc1)C(=O)Nc1nnc(-c2ccc(Cl)cc2)s1. The van der Waals surface area contributed by atoms with Crippen LogP contribution in [-0.4, -0.2) is 43.9 Å². The Morgan fingerprint density at radius 2 is 1.77 bits per heavy atom. The molecule has 1 heterocycles. The number of benzene rings is 2. The highest BCUT2D eigenvalue weighted by atomic mass is 35.5. The van der Waals surface area contributed by atoms with Gasteiger partial charge in [-0.3, -0.25) is 14.4 Å². The van der Waals surface area contributed by atoms with E-state index in [9.17, 15) is 13.2 Å². The Morgan fingerprint density at radius 3 is 2.37 bits per heavy atom. The van der Waals surface area contributed by atoms with Crippen LogP contribution < -0.4 is 14.4 Å². The maximum atomic E-state index is 12.4. The van der Waals surface area contributed by atoms with E-state index in [2.05, 4.69) is 15.5 Å². The fourth-order valence-corrected chi connectivity index (χ4v) is 3.76. The molecular weight excluding hydrogens is 448 g/mol. The van der Waals surface area contributed by atoms with Crippen LogP contribution in [0.25, 0.3) is 10.6 Å². The second-order valence-electron chi connectivity index (χ2n) is 6.39. The standard InChI is InChI=1S/C19H19ClN4O4S2/c1-12(28-16-10-8-15(9-11-16)24(2)30(3,26)27)17(25)21-19-23-22-18(29-19)13-4-6-14(20)7-5-13/h4-12H,1-3H3,(H,21,23,25). The maximum absolute atomic E-state index is 12.4. The topological polar surface area (TPSA) is 101 Å². The van der Waals surface area contributed by atoms with Crippen molar-refractivity contribution < 1.29 is 17.9 Å². The molecule has 1 N–H and O–H groups in total. The van der Waals surface area contributed by atoms with Gasteiger partial charge in [0.1, 0.15) is 10.8 Å². The lowest BCUT2D eigenvalue weighted by Crippen LogP contribution is -2.30. The number of nitrogens with zero attached hydrogens (tertiary/aromatic N) is 3. The Balaban J connectivity index is 1.60. The second-order valence-corrected chi connectivity index (χ2v) is 9.82. The van der Waals surface area contributed by atoms with E-state index in [4.69, 9.17) is 16.3 Å². The van der Waals surface area contributed by atoms with Crippen molar-refractivity contribution in [3.05, 3.63) is 53.6 Å². The number of carbonyl (C=O) groups is 1. The third-order valence-electron chi connectivity index (χ3n) is 4.13. The van der Waals surface area contributed by atoms with E-state index >= 15 is 0 Å². The fraction of sp³-hybridized carbons (Fsp3) is 0.211. The van der Waals surface area contributed by atoms with Gasteiger partial charge in [-0.25, -0.2) is 8.42 Å². The molecule has 0 aliphatic heterocycles. The number of rotatable bonds is 7. The van der Waals surface area contributed by atoms with Crippen molar-refractivity contribution >= 4 is 49.7 Å². The fourth-order valence-electron chi connectivity index (χ4n) is 2.37. The molecule has 0 bridgehead atoms. The number of nitrogens with one attached hydrogen (secondary N) is 1. The van der Waals surface area contributed by atoms with Crippen LogP contribution in [0, 0.1) is 0 Å². The van der Waals surface area contributed by atoms with Gasteiger partial charge in [0.15, 0.2) is 6.10 Å². The summed E-state index contributed by atoms with van der Waals surface area (Å²) in [5.41, 5.74) is 1.34. The summed E-state index contributed by atoms with van der Waals surface area (Å²) < 4.78 is 30.0. The van der Waals surface area contributed by atoms with E-state index in [0.717, 1.165) is 16.1 Å². The highest BCUT2D eigenvalue weighted by Gasteiger charge is 2.18. The smallest absolute Gasteiger partial charge is 0.266 e. The number of carbonyl (C=O) groups excluding carboxylic acids is 1. The zero-order valence-electron chi connectivity index (χ0n) is 16.4. The molecule has 0 fully saturated rings. The average molecular weight is 467 g/mol. The lowest BCUT2D eigenvalue weighted by molar-refractivity contribution is -0.122. The third-order valence-corrected chi connectivity index (χ3v) is 6.47. The highest BCUT2D eigenvalue weighted by molar-refractivity contribution is 7.92. The zero-order chi connectivity index (χ0) is 21.9. The normalized spacial score (nSPS) is 12.3. The number of aromatic nitrogens is 2. The van der Waals surface area contributed by atoms with Gasteiger partial charge in [-0.05, 0) is 43.3 Å². The predicted octanol–water partition coefficient (Wildman–Crippen LogP) is 3.66. The largest absolute Gasteiger partial charge is 0.481 e. The van der Waals surface area contributed by atoms with Crippen LogP contribution in [-0.2, 0) is 14.8 Å². The third kappa shape index (κ3) is 5.47. The van der Waals surface area contributed by atoms with Gasteiger partial charge >= 0.3 is 0 Å². The van der Waals surface area contributed by atoms with Crippen molar-refractivity contribution in [1.29, 1.82) is 0 Å². The molecule has 1 unspecified atom stereocenters. The van der Waals surface area contributed by atoms with Crippen LogP contribution in [0.1, 0.15) is 6.92 Å². The molecule has 3 aromatic rings. The molecule has 2 aromatic carbocycles. The van der Waals surface area contributed by atoms with Crippen LogP contribution in [0.15, 0.2) is 48.5 Å². The Labute approximate surface area is 183 Å². The van der Waals surface area contributed by atoms with Crippen molar-refractivity contribution in [2.24, 2.45) is 0 Å². The molecule has 30 heavy (non-hydrogen) atoms. The van der Waals surface area contributed by atoms with Crippen LogP contribution in [0.2, 0.25) is 5.02 Å². The quantitative estimate of drug-likeness (QED) is 0.570. The molecule has 0 spiro atoms. The Bertz CT molecular complexity index is 1130. The van der Waals surface area contributed by atoms with Gasteiger partial charge in [-0.1, -0.05) is 35.1 Å². The average Bonchev–Trinajstić information content (AvgIpc) is 3.16. The Morgan fingerprint density at radius 1 is 1.13 bits per heavy atom. The number of sulfonamides is 1. The van der Waals surface area contributed by atoms with Gasteiger partial charge in [0.2, 0.25) is 15.2 Å². The van der Waals surface area contributed by atoms with Gasteiger partial charge in [-0.15, -0.1) is 10.2 Å². The van der Waals surface area contributed by atoms with Gasteiger partial charge in [0.05, 0.1) is 11.9 Å². The van der Waals surface area contributed by atoms with Crippen molar-refractivity contribution in [3.63, 3.8) is 0 Å². The van der Waals surface area contributed by atoms with Crippen molar-refractivity contribution in [2.45, 2.75) is 13.0 Å². The minimum atomic E-state index is -3.35. The number of halogens is 1. The van der Waals surface area contributed by atoms with E-state index in [1.54, 1.807) is 43.3 Å². The van der Waals surface area contributed by atoms with Crippen LogP contribution in [0.4, 0.5) is 10.8 Å². The first kappa shape index (κ1) is 22.0. The number of hydrogen-bond acceptors (Lipinski definition) is 7. The van der Waals surface area contributed by atoms with Gasteiger partial charge in [0.25, 0.3) is 5.91 Å². The van der Waals surface area contributed by atoms with Crippen LogP contribution in [0.5, 0.6) is 5.75 Å². The molecule has 1 aromatic heterocycles. The molecule has 11 heteroatoms. The van der Waals surface area contributed by atoms with Crippen LogP contribution >= 0.6 is 22.9 Å². The summed E-state index contributed by atoms with van der Waals surface area (Å²) in [5, 5.41) is 12.4. The highest BCUT2D eigenvalue weighted by Crippen LogP contribution is 2.27. The van der Waals surface area contributed by atoms with Gasteiger partial charge in [-0.2, -0.15) is 0 Å². The molecular formula is C19H19ClN4O4S2. The first-order chi connectivity index (χ1) is 14.1. The molecule has 0 saturated carbocycles. The predicted molar refractivity (Wildman–Crippen MR) is 119 cm³/mol. The maximum Gasteiger partial charge on any atom is 0.266 e. The lowest BCUT2D eigenvalue weighted by atomic mass is 10.2. The molecule has 0 aliphatic rings. The molecule has 0 saturated heterocycles. The molecule has 3 rings (SSSR count). The first-order valence-corrected chi connectivity index (χ1v) is 11.8. The van der Waals surface area contributed by atoms with E-state index in [1.807, 2.05) is 12.1 Å². The summed E-state index contributed by atoms with van der Waals surface area (Å²) in [4.78, 5) is 12.4. The molecule has 0 aliphatic carbocycles. The van der Waals surface area contributed by atoms with Crippen molar-refractivity contribution in [3.8, 4) is 16.3 Å². The summed E-state index contributed by atoms with van der Waals surface area (Å²) in [6.07, 6.45) is 0.321. The van der Waals surface area contributed by atoms with Crippen molar-refractivity contribution in [2.75, 3.05) is 22.9 Å². The van der Waals surface area contributed by atoms with Crippen LogP contribution in [0.3, 0.4) is 0 Å². The minimum absolute atomic E-state index is 0.352. The summed E-state index contributed by atoms with van der Waals surface area (Å²) in [6.45, 7) is 1.60. The van der Waals surface area contributed by atoms with E-state index in [0.29, 0.717) is 26.6 Å². The minimum Gasteiger partial charge on any atom is -0.481 e. The summed E-state index contributed by atoms with van der Waals surface area (Å²) in [6, 6.07) is 13.6. The molecule has 0 radical (unpaired) electrons. The van der Waals surface area contributed by atoms with Gasteiger partial charge in [0, 0.05) is 17.6 Å². The number of hydrogen-bond donors (Lipinski definition) is 1.